The highest BCUT2D eigenvalue weighted by Crippen LogP contribution is 2.43. The van der Waals surface area contributed by atoms with Gasteiger partial charge in [0.25, 0.3) is 0 Å². The molecule has 0 atom stereocenters. The monoisotopic (exact) mass is 289 g/mol. The molecule has 0 spiro atoms. The fourth-order valence-corrected chi connectivity index (χ4v) is 4.26. The van der Waals surface area contributed by atoms with Gasteiger partial charge in [0, 0.05) is 0 Å². The molecule has 3 nitrogen and oxygen atoms in total. The molecule has 1 fully saturated rings. The van der Waals surface area contributed by atoms with E-state index in [1.54, 1.807) is 13.8 Å². The average Bonchev–Trinajstić information content (AvgIpc) is 2.36. The van der Waals surface area contributed by atoms with Crippen LogP contribution in [0.1, 0.15) is 59.8 Å². The van der Waals surface area contributed by atoms with E-state index in [1.807, 2.05) is 0 Å². The number of rotatable bonds is 6. The molecule has 0 bridgehead atoms. The molecule has 19 heavy (non-hydrogen) atoms. The fourth-order valence-electron chi connectivity index (χ4n) is 3.07. The Labute approximate surface area is 119 Å². The molecule has 0 amide bonds. The van der Waals surface area contributed by atoms with Crippen molar-refractivity contribution in [1.82, 2.24) is 0 Å². The number of nitrogens with two attached hydrogens (primary N) is 1. The minimum Gasteiger partial charge on any atom is -0.330 e. The van der Waals surface area contributed by atoms with Gasteiger partial charge in [0.05, 0.1) is 11.0 Å². The normalized spacial score (nSPS) is 29.1. The van der Waals surface area contributed by atoms with Crippen LogP contribution in [0.25, 0.3) is 0 Å². The first-order valence-electron chi connectivity index (χ1n) is 7.64. The molecule has 0 saturated heterocycles. The van der Waals surface area contributed by atoms with Gasteiger partial charge in [-0.05, 0) is 69.7 Å². The standard InChI is InChI=1S/C15H31NO2S/c1-12(2)14-5-7-15(11-16,8-6-14)9-10-19(17,18)13(3)4/h12-14H,5-11,16H2,1-4H3. The fraction of sp³-hybridized carbons (Fsp3) is 1.00. The number of sulfone groups is 1. The van der Waals surface area contributed by atoms with Gasteiger partial charge in [0.1, 0.15) is 0 Å². The number of hydrogen-bond acceptors (Lipinski definition) is 3. The van der Waals surface area contributed by atoms with Crippen molar-refractivity contribution in [3.05, 3.63) is 0 Å². The molecule has 0 heterocycles. The maximum absolute atomic E-state index is 12.0. The predicted octanol–water partition coefficient (Wildman–Crippen LogP) is 2.99. The quantitative estimate of drug-likeness (QED) is 0.817. The smallest absolute Gasteiger partial charge is 0.152 e. The van der Waals surface area contributed by atoms with Gasteiger partial charge in [-0.25, -0.2) is 8.42 Å². The maximum atomic E-state index is 12.0. The van der Waals surface area contributed by atoms with Crippen LogP contribution >= 0.6 is 0 Å². The van der Waals surface area contributed by atoms with Crippen LogP contribution in [0, 0.1) is 17.3 Å². The molecule has 1 saturated carbocycles. The van der Waals surface area contributed by atoms with Gasteiger partial charge in [-0.2, -0.15) is 0 Å². The zero-order valence-electron chi connectivity index (χ0n) is 13.0. The van der Waals surface area contributed by atoms with Gasteiger partial charge in [-0.15, -0.1) is 0 Å². The van der Waals surface area contributed by atoms with Crippen LogP contribution in [0.2, 0.25) is 0 Å². The van der Waals surface area contributed by atoms with E-state index in [2.05, 4.69) is 13.8 Å². The van der Waals surface area contributed by atoms with Crippen molar-refractivity contribution in [2.24, 2.45) is 23.0 Å². The first-order valence-corrected chi connectivity index (χ1v) is 9.35. The molecule has 0 aromatic heterocycles. The topological polar surface area (TPSA) is 60.2 Å². The van der Waals surface area contributed by atoms with Gasteiger partial charge in [0.15, 0.2) is 9.84 Å². The average molecular weight is 289 g/mol. The predicted molar refractivity (Wildman–Crippen MR) is 81.8 cm³/mol. The second kappa shape index (κ2) is 6.57. The lowest BCUT2D eigenvalue weighted by Gasteiger charge is -2.41. The summed E-state index contributed by atoms with van der Waals surface area (Å²) < 4.78 is 23.9. The molecule has 2 N–H and O–H groups in total. The van der Waals surface area contributed by atoms with E-state index >= 15 is 0 Å². The van der Waals surface area contributed by atoms with E-state index in [9.17, 15) is 8.42 Å². The van der Waals surface area contributed by atoms with Gasteiger partial charge >= 0.3 is 0 Å². The molecule has 0 aliphatic heterocycles. The van der Waals surface area contributed by atoms with E-state index in [-0.39, 0.29) is 10.7 Å². The largest absolute Gasteiger partial charge is 0.330 e. The summed E-state index contributed by atoms with van der Waals surface area (Å²) in [7, 11) is -2.93. The third-order valence-electron chi connectivity index (χ3n) is 5.10. The van der Waals surface area contributed by atoms with Crippen LogP contribution in [0.4, 0.5) is 0 Å². The third-order valence-corrected chi connectivity index (χ3v) is 7.31. The van der Waals surface area contributed by atoms with Crippen LogP contribution in [-0.2, 0) is 9.84 Å². The summed E-state index contributed by atoms with van der Waals surface area (Å²) in [5.74, 6) is 1.82. The van der Waals surface area contributed by atoms with Crippen molar-refractivity contribution < 1.29 is 8.42 Å². The Kier molecular flexibility index (Phi) is 5.87. The van der Waals surface area contributed by atoms with Gasteiger partial charge < -0.3 is 5.73 Å². The summed E-state index contributed by atoms with van der Waals surface area (Å²) in [5.41, 5.74) is 6.05. The Hall–Kier alpha value is -0.0900. The van der Waals surface area contributed by atoms with Gasteiger partial charge in [-0.1, -0.05) is 13.8 Å². The van der Waals surface area contributed by atoms with Crippen LogP contribution < -0.4 is 5.73 Å². The minimum atomic E-state index is -2.93. The molecular formula is C15H31NO2S. The van der Waals surface area contributed by atoms with E-state index in [1.165, 1.54) is 12.8 Å². The minimum absolute atomic E-state index is 0.0767. The zero-order valence-corrected chi connectivity index (χ0v) is 13.8. The first-order chi connectivity index (χ1) is 8.72. The summed E-state index contributed by atoms with van der Waals surface area (Å²) in [6, 6.07) is 0. The molecule has 1 aliphatic rings. The van der Waals surface area contributed by atoms with Crippen LogP contribution in [0.3, 0.4) is 0 Å². The van der Waals surface area contributed by atoms with Crippen molar-refractivity contribution in [2.45, 2.75) is 65.0 Å². The molecule has 4 heteroatoms. The molecule has 0 aromatic rings. The highest BCUT2D eigenvalue weighted by atomic mass is 32.2. The Morgan fingerprint density at radius 2 is 1.68 bits per heavy atom. The molecule has 1 rings (SSSR count). The SMILES string of the molecule is CC(C)C1CCC(CN)(CCS(=O)(=O)C(C)C)CC1. The summed E-state index contributed by atoms with van der Waals surface area (Å²) >= 11 is 0. The Bertz CT molecular complexity index is 366. The molecule has 0 radical (unpaired) electrons. The van der Waals surface area contributed by atoms with Crippen LogP contribution in [0.15, 0.2) is 0 Å². The summed E-state index contributed by atoms with van der Waals surface area (Å²) in [5, 5.41) is -0.269. The third kappa shape index (κ3) is 4.45. The van der Waals surface area contributed by atoms with E-state index < -0.39 is 9.84 Å². The summed E-state index contributed by atoms with van der Waals surface area (Å²) in [6.45, 7) is 8.72. The van der Waals surface area contributed by atoms with E-state index in [0.29, 0.717) is 12.3 Å². The zero-order chi connectivity index (χ0) is 14.7. The van der Waals surface area contributed by atoms with Gasteiger partial charge in [-0.3, -0.25) is 0 Å². The van der Waals surface area contributed by atoms with Crippen LogP contribution in [-0.4, -0.2) is 26.0 Å². The Morgan fingerprint density at radius 3 is 2.05 bits per heavy atom. The molecular weight excluding hydrogens is 258 g/mol. The van der Waals surface area contributed by atoms with E-state index in [4.69, 9.17) is 5.73 Å². The lowest BCUT2D eigenvalue weighted by Crippen LogP contribution is -2.38. The summed E-state index contributed by atoms with van der Waals surface area (Å²) in [4.78, 5) is 0. The number of hydrogen-bond donors (Lipinski definition) is 1. The van der Waals surface area contributed by atoms with Crippen molar-refractivity contribution in [3.8, 4) is 0 Å². The lowest BCUT2D eigenvalue weighted by molar-refractivity contribution is 0.129. The molecule has 0 unspecified atom stereocenters. The maximum Gasteiger partial charge on any atom is 0.152 e. The molecule has 0 aromatic carbocycles. The van der Waals surface area contributed by atoms with Crippen molar-refractivity contribution >= 4 is 9.84 Å². The second-order valence-electron chi connectivity index (χ2n) is 6.95. The Morgan fingerprint density at radius 1 is 1.16 bits per heavy atom. The molecule has 114 valence electrons. The van der Waals surface area contributed by atoms with E-state index in [0.717, 1.165) is 31.1 Å². The lowest BCUT2D eigenvalue weighted by atomic mass is 9.67. The highest BCUT2D eigenvalue weighted by molar-refractivity contribution is 7.91. The second-order valence-corrected chi connectivity index (χ2v) is 9.63. The van der Waals surface area contributed by atoms with Crippen molar-refractivity contribution in [1.29, 1.82) is 0 Å². The van der Waals surface area contributed by atoms with Gasteiger partial charge in [0.2, 0.25) is 0 Å². The van der Waals surface area contributed by atoms with Crippen molar-refractivity contribution in [2.75, 3.05) is 12.3 Å². The van der Waals surface area contributed by atoms with Crippen molar-refractivity contribution in [3.63, 3.8) is 0 Å². The summed E-state index contributed by atoms with van der Waals surface area (Å²) in [6.07, 6.45) is 5.35. The highest BCUT2D eigenvalue weighted by Gasteiger charge is 2.36. The molecule has 1 aliphatic carbocycles. The van der Waals surface area contributed by atoms with Crippen LogP contribution in [0.5, 0.6) is 0 Å². The Balaban J connectivity index is 2.60. The first kappa shape index (κ1) is 17.0.